The lowest BCUT2D eigenvalue weighted by atomic mass is 10.0. The first kappa shape index (κ1) is 15.3. The smallest absolute Gasteiger partial charge is 0.141 e. The third-order valence-corrected chi connectivity index (χ3v) is 3.56. The first-order valence-electron chi connectivity index (χ1n) is 6.74. The van der Waals surface area contributed by atoms with Crippen molar-refractivity contribution in [3.8, 4) is 5.75 Å². The van der Waals surface area contributed by atoms with Crippen LogP contribution in [0.5, 0.6) is 5.75 Å². The summed E-state index contributed by atoms with van der Waals surface area (Å²) in [5, 5.41) is 0.680. The normalized spacial score (nSPS) is 14.3. The van der Waals surface area contributed by atoms with Crippen LogP contribution in [0.3, 0.4) is 0 Å². The van der Waals surface area contributed by atoms with Gasteiger partial charge in [0.2, 0.25) is 0 Å². The Morgan fingerprint density at radius 2 is 2.00 bits per heavy atom. The minimum atomic E-state index is 0.161. The molecule has 2 N–H and O–H groups in total. The average molecular weight is 270 g/mol. The second-order valence-corrected chi connectivity index (χ2v) is 5.33. The maximum Gasteiger partial charge on any atom is 0.141 e. The zero-order valence-corrected chi connectivity index (χ0v) is 12.3. The molecule has 0 fully saturated rings. The topological polar surface area (TPSA) is 35.2 Å². The van der Waals surface area contributed by atoms with Gasteiger partial charge in [0.05, 0.1) is 11.6 Å². The highest BCUT2D eigenvalue weighted by molar-refractivity contribution is 6.32. The van der Waals surface area contributed by atoms with Crippen LogP contribution in [0, 0.1) is 5.92 Å². The fraction of sp³-hybridized carbons (Fsp3) is 0.600. The van der Waals surface area contributed by atoms with Crippen LogP contribution >= 0.6 is 11.6 Å². The number of para-hydroxylation sites is 1. The monoisotopic (exact) mass is 269 g/mol. The maximum absolute atomic E-state index is 6.22. The third kappa shape index (κ3) is 4.51. The van der Waals surface area contributed by atoms with E-state index in [-0.39, 0.29) is 6.04 Å². The SMILES string of the molecule is CCC(C)COc1c(Cl)cccc1CC(N)CC. The van der Waals surface area contributed by atoms with Gasteiger partial charge in [0, 0.05) is 6.04 Å². The number of halogens is 1. The molecule has 0 heterocycles. The Balaban J connectivity index is 2.80. The van der Waals surface area contributed by atoms with E-state index in [2.05, 4.69) is 20.8 Å². The fourth-order valence-corrected chi connectivity index (χ4v) is 1.89. The molecular formula is C15H24ClNO. The number of hydrogen-bond acceptors (Lipinski definition) is 2. The summed E-state index contributed by atoms with van der Waals surface area (Å²) < 4.78 is 5.88. The molecule has 0 saturated carbocycles. The van der Waals surface area contributed by atoms with Crippen molar-refractivity contribution in [2.24, 2.45) is 11.7 Å². The summed E-state index contributed by atoms with van der Waals surface area (Å²) >= 11 is 6.22. The van der Waals surface area contributed by atoms with Gasteiger partial charge in [-0.05, 0) is 30.4 Å². The Bertz CT molecular complexity index is 368. The lowest BCUT2D eigenvalue weighted by Gasteiger charge is -2.17. The summed E-state index contributed by atoms with van der Waals surface area (Å²) in [5.41, 5.74) is 7.12. The lowest BCUT2D eigenvalue weighted by Crippen LogP contribution is -2.22. The molecule has 1 rings (SSSR count). The molecule has 0 aliphatic heterocycles. The summed E-state index contributed by atoms with van der Waals surface area (Å²) in [6.45, 7) is 7.13. The average Bonchev–Trinajstić information content (AvgIpc) is 2.37. The molecule has 2 nitrogen and oxygen atoms in total. The van der Waals surface area contributed by atoms with Crippen molar-refractivity contribution in [2.75, 3.05) is 6.61 Å². The van der Waals surface area contributed by atoms with E-state index in [0.29, 0.717) is 17.5 Å². The molecule has 2 atom stereocenters. The van der Waals surface area contributed by atoms with Crippen molar-refractivity contribution in [2.45, 2.75) is 46.1 Å². The van der Waals surface area contributed by atoms with Crippen LogP contribution in [0.4, 0.5) is 0 Å². The molecule has 0 spiro atoms. The van der Waals surface area contributed by atoms with E-state index < -0.39 is 0 Å². The van der Waals surface area contributed by atoms with Gasteiger partial charge in [0.1, 0.15) is 5.75 Å². The highest BCUT2D eigenvalue weighted by Crippen LogP contribution is 2.30. The molecule has 0 aromatic heterocycles. The van der Waals surface area contributed by atoms with E-state index in [1.54, 1.807) is 0 Å². The Labute approximate surface area is 115 Å². The van der Waals surface area contributed by atoms with E-state index in [1.165, 1.54) is 0 Å². The van der Waals surface area contributed by atoms with E-state index in [1.807, 2.05) is 18.2 Å². The van der Waals surface area contributed by atoms with Gasteiger partial charge in [-0.15, -0.1) is 0 Å². The summed E-state index contributed by atoms with van der Waals surface area (Å²) in [7, 11) is 0. The van der Waals surface area contributed by atoms with E-state index in [9.17, 15) is 0 Å². The van der Waals surface area contributed by atoms with E-state index >= 15 is 0 Å². The standard InChI is InChI=1S/C15H24ClNO/c1-4-11(3)10-18-15-12(9-13(17)5-2)7-6-8-14(15)16/h6-8,11,13H,4-5,9-10,17H2,1-3H3. The molecule has 102 valence electrons. The van der Waals surface area contributed by atoms with Crippen molar-refractivity contribution in [1.82, 2.24) is 0 Å². The molecule has 0 aliphatic carbocycles. The van der Waals surface area contributed by atoms with Crippen LogP contribution in [0.25, 0.3) is 0 Å². The van der Waals surface area contributed by atoms with Gasteiger partial charge in [-0.1, -0.05) is 50.9 Å². The van der Waals surface area contributed by atoms with Crippen molar-refractivity contribution < 1.29 is 4.74 Å². The largest absolute Gasteiger partial charge is 0.491 e. The molecular weight excluding hydrogens is 246 g/mol. The number of rotatable bonds is 7. The summed E-state index contributed by atoms with van der Waals surface area (Å²) in [6.07, 6.45) is 2.87. The predicted molar refractivity (Wildman–Crippen MR) is 78.4 cm³/mol. The Hall–Kier alpha value is -0.730. The molecule has 18 heavy (non-hydrogen) atoms. The van der Waals surface area contributed by atoms with Gasteiger partial charge in [-0.3, -0.25) is 0 Å². The van der Waals surface area contributed by atoms with Crippen LogP contribution < -0.4 is 10.5 Å². The van der Waals surface area contributed by atoms with Gasteiger partial charge >= 0.3 is 0 Å². The predicted octanol–water partition coefficient (Wildman–Crippen LogP) is 4.04. The highest BCUT2D eigenvalue weighted by Gasteiger charge is 2.12. The van der Waals surface area contributed by atoms with Crippen LogP contribution in [-0.2, 0) is 6.42 Å². The summed E-state index contributed by atoms with van der Waals surface area (Å²) in [4.78, 5) is 0. The molecule has 0 bridgehead atoms. The first-order valence-corrected chi connectivity index (χ1v) is 7.12. The lowest BCUT2D eigenvalue weighted by molar-refractivity contribution is 0.254. The van der Waals surface area contributed by atoms with Crippen LogP contribution in [0.1, 0.15) is 39.2 Å². The van der Waals surface area contributed by atoms with Crippen molar-refractivity contribution >= 4 is 11.6 Å². The summed E-state index contributed by atoms with van der Waals surface area (Å²) in [6, 6.07) is 6.03. The summed E-state index contributed by atoms with van der Waals surface area (Å²) in [5.74, 6) is 1.34. The minimum Gasteiger partial charge on any atom is -0.491 e. The molecule has 1 aromatic rings. The highest BCUT2D eigenvalue weighted by atomic mass is 35.5. The molecule has 3 heteroatoms. The van der Waals surface area contributed by atoms with Crippen molar-refractivity contribution in [3.05, 3.63) is 28.8 Å². The van der Waals surface area contributed by atoms with Gasteiger partial charge in [-0.2, -0.15) is 0 Å². The Morgan fingerprint density at radius 3 is 2.61 bits per heavy atom. The molecule has 2 unspecified atom stereocenters. The number of benzene rings is 1. The molecule has 0 aliphatic rings. The quantitative estimate of drug-likeness (QED) is 0.811. The zero-order chi connectivity index (χ0) is 13.5. The zero-order valence-electron chi connectivity index (χ0n) is 11.6. The van der Waals surface area contributed by atoms with Crippen LogP contribution in [0.15, 0.2) is 18.2 Å². The van der Waals surface area contributed by atoms with Gasteiger partial charge < -0.3 is 10.5 Å². The molecule has 0 saturated heterocycles. The van der Waals surface area contributed by atoms with E-state index in [4.69, 9.17) is 22.1 Å². The Kier molecular flexibility index (Phi) is 6.51. The maximum atomic E-state index is 6.22. The number of ether oxygens (including phenoxy) is 1. The van der Waals surface area contributed by atoms with Gasteiger partial charge in [0.15, 0.2) is 0 Å². The first-order chi connectivity index (χ1) is 8.58. The number of nitrogens with two attached hydrogens (primary N) is 1. The van der Waals surface area contributed by atoms with Crippen LogP contribution in [0.2, 0.25) is 5.02 Å². The minimum absolute atomic E-state index is 0.161. The van der Waals surface area contributed by atoms with E-state index in [0.717, 1.165) is 30.6 Å². The van der Waals surface area contributed by atoms with Gasteiger partial charge in [0.25, 0.3) is 0 Å². The van der Waals surface area contributed by atoms with Crippen molar-refractivity contribution in [3.63, 3.8) is 0 Å². The molecule has 0 radical (unpaired) electrons. The van der Waals surface area contributed by atoms with Crippen LogP contribution in [-0.4, -0.2) is 12.6 Å². The molecule has 0 amide bonds. The number of hydrogen-bond donors (Lipinski definition) is 1. The van der Waals surface area contributed by atoms with Crippen molar-refractivity contribution in [1.29, 1.82) is 0 Å². The third-order valence-electron chi connectivity index (χ3n) is 3.26. The second-order valence-electron chi connectivity index (χ2n) is 4.92. The Morgan fingerprint density at radius 1 is 1.28 bits per heavy atom. The van der Waals surface area contributed by atoms with Gasteiger partial charge in [-0.25, -0.2) is 0 Å². The fourth-order valence-electron chi connectivity index (χ4n) is 1.65. The molecule has 1 aromatic carbocycles. The second kappa shape index (κ2) is 7.65.